The number of nitrogens with one attached hydrogen (secondary N) is 1. The van der Waals surface area contributed by atoms with Crippen LogP contribution in [0.2, 0.25) is 0 Å². The van der Waals surface area contributed by atoms with Gasteiger partial charge in [-0.3, -0.25) is 9.48 Å². The predicted octanol–water partition coefficient (Wildman–Crippen LogP) is 0.963. The van der Waals surface area contributed by atoms with Gasteiger partial charge in [0.15, 0.2) is 0 Å². The van der Waals surface area contributed by atoms with Crippen LogP contribution in [0.5, 0.6) is 5.75 Å². The minimum Gasteiger partial charge on any atom is -0.493 e. The Kier molecular flexibility index (Phi) is 6.04. The second-order valence-corrected chi connectivity index (χ2v) is 5.12. The van der Waals surface area contributed by atoms with Gasteiger partial charge in [-0.05, 0) is 38.1 Å². The van der Waals surface area contributed by atoms with Crippen molar-refractivity contribution in [3.8, 4) is 5.75 Å². The molecule has 1 unspecified atom stereocenters. The molecule has 1 atom stereocenters. The van der Waals surface area contributed by atoms with Gasteiger partial charge in [-0.25, -0.2) is 9.37 Å². The maximum absolute atomic E-state index is 13.5. The summed E-state index contributed by atoms with van der Waals surface area (Å²) in [7, 11) is 0. The molecule has 0 aliphatic heterocycles. The van der Waals surface area contributed by atoms with Crippen molar-refractivity contribution in [2.24, 2.45) is 5.73 Å². The Hall–Kier alpha value is -2.48. The van der Waals surface area contributed by atoms with E-state index in [1.54, 1.807) is 11.0 Å². The molecule has 1 aromatic carbocycles. The molecule has 0 saturated heterocycles. The van der Waals surface area contributed by atoms with Crippen LogP contribution in [0.3, 0.4) is 0 Å². The molecule has 124 valence electrons. The highest BCUT2D eigenvalue weighted by molar-refractivity contribution is 5.97. The highest BCUT2D eigenvalue weighted by atomic mass is 19.1. The molecule has 0 fully saturated rings. The first-order chi connectivity index (χ1) is 11.1. The van der Waals surface area contributed by atoms with E-state index >= 15 is 0 Å². The molecule has 1 heterocycles. The van der Waals surface area contributed by atoms with Crippen molar-refractivity contribution >= 4 is 5.91 Å². The Morgan fingerprint density at radius 3 is 3.04 bits per heavy atom. The molecule has 2 rings (SSSR count). The summed E-state index contributed by atoms with van der Waals surface area (Å²) in [5.74, 6) is -0.560. The zero-order valence-electron chi connectivity index (χ0n) is 12.9. The van der Waals surface area contributed by atoms with Crippen LogP contribution in [0, 0.1) is 5.82 Å². The van der Waals surface area contributed by atoms with Gasteiger partial charge in [0.25, 0.3) is 5.91 Å². The van der Waals surface area contributed by atoms with Gasteiger partial charge >= 0.3 is 0 Å². The minimum atomic E-state index is -0.495. The number of aromatic nitrogens is 3. The van der Waals surface area contributed by atoms with Gasteiger partial charge in [-0.1, -0.05) is 0 Å². The second kappa shape index (κ2) is 8.23. The van der Waals surface area contributed by atoms with E-state index < -0.39 is 11.7 Å². The highest BCUT2D eigenvalue weighted by Crippen LogP contribution is 2.20. The lowest BCUT2D eigenvalue weighted by molar-refractivity contribution is 0.0931. The molecular formula is C15H20FN5O2. The lowest BCUT2D eigenvalue weighted by Gasteiger charge is -2.16. The fraction of sp³-hybridized carbons (Fsp3) is 0.400. The van der Waals surface area contributed by atoms with Crippen molar-refractivity contribution in [3.63, 3.8) is 0 Å². The van der Waals surface area contributed by atoms with Crippen LogP contribution in [-0.2, 0) is 6.54 Å². The standard InChI is InChI=1S/C15H20FN5O2/c1-11(8-21-10-18-9-19-21)20-15(22)13-7-12(16)3-4-14(13)23-6-2-5-17/h3-4,7,9-11H,2,5-6,8,17H2,1H3,(H,20,22). The summed E-state index contributed by atoms with van der Waals surface area (Å²) in [6.07, 6.45) is 3.64. The fourth-order valence-electron chi connectivity index (χ4n) is 2.03. The van der Waals surface area contributed by atoms with E-state index in [-0.39, 0.29) is 11.6 Å². The summed E-state index contributed by atoms with van der Waals surface area (Å²) in [5.41, 5.74) is 5.57. The average Bonchev–Trinajstić information content (AvgIpc) is 3.01. The summed E-state index contributed by atoms with van der Waals surface area (Å²) in [5, 5.41) is 6.77. The Morgan fingerprint density at radius 2 is 2.35 bits per heavy atom. The molecule has 0 aliphatic carbocycles. The molecule has 0 saturated carbocycles. The van der Waals surface area contributed by atoms with Gasteiger partial charge in [0.2, 0.25) is 0 Å². The molecule has 2 aromatic rings. The van der Waals surface area contributed by atoms with Crippen LogP contribution in [0.15, 0.2) is 30.9 Å². The molecular weight excluding hydrogens is 301 g/mol. The van der Waals surface area contributed by atoms with Crippen molar-refractivity contribution in [1.82, 2.24) is 20.1 Å². The van der Waals surface area contributed by atoms with Gasteiger partial charge in [-0.2, -0.15) is 5.10 Å². The molecule has 0 bridgehead atoms. The number of nitrogens with two attached hydrogens (primary N) is 1. The molecule has 0 aliphatic rings. The number of ether oxygens (including phenoxy) is 1. The summed E-state index contributed by atoms with van der Waals surface area (Å²) < 4.78 is 20.6. The average molecular weight is 321 g/mol. The summed E-state index contributed by atoms with van der Waals surface area (Å²) >= 11 is 0. The van der Waals surface area contributed by atoms with E-state index in [9.17, 15) is 9.18 Å². The summed E-state index contributed by atoms with van der Waals surface area (Å²) in [4.78, 5) is 16.2. The number of hydrogen-bond acceptors (Lipinski definition) is 5. The maximum atomic E-state index is 13.5. The highest BCUT2D eigenvalue weighted by Gasteiger charge is 2.16. The van der Waals surface area contributed by atoms with E-state index in [0.717, 1.165) is 6.07 Å². The monoisotopic (exact) mass is 321 g/mol. The third kappa shape index (κ3) is 5.03. The normalized spacial score (nSPS) is 12.0. The number of hydrogen-bond donors (Lipinski definition) is 2. The van der Waals surface area contributed by atoms with E-state index in [1.165, 1.54) is 18.5 Å². The van der Waals surface area contributed by atoms with Gasteiger partial charge in [0, 0.05) is 6.04 Å². The van der Waals surface area contributed by atoms with Gasteiger partial charge in [0.05, 0.1) is 18.7 Å². The van der Waals surface area contributed by atoms with E-state index in [2.05, 4.69) is 15.4 Å². The summed E-state index contributed by atoms with van der Waals surface area (Å²) in [6, 6.07) is 3.66. The van der Waals surface area contributed by atoms with Crippen LogP contribution in [0.4, 0.5) is 4.39 Å². The van der Waals surface area contributed by atoms with Crippen molar-refractivity contribution in [3.05, 3.63) is 42.2 Å². The molecule has 1 amide bonds. The fourth-order valence-corrected chi connectivity index (χ4v) is 2.03. The zero-order valence-corrected chi connectivity index (χ0v) is 12.9. The van der Waals surface area contributed by atoms with Crippen LogP contribution in [-0.4, -0.2) is 39.9 Å². The van der Waals surface area contributed by atoms with Crippen molar-refractivity contribution in [2.45, 2.75) is 25.9 Å². The Morgan fingerprint density at radius 1 is 1.52 bits per heavy atom. The second-order valence-electron chi connectivity index (χ2n) is 5.12. The third-order valence-electron chi connectivity index (χ3n) is 3.10. The maximum Gasteiger partial charge on any atom is 0.255 e. The number of halogens is 1. The SMILES string of the molecule is CC(Cn1cncn1)NC(=O)c1cc(F)ccc1OCCCN. The van der Waals surface area contributed by atoms with Crippen LogP contribution < -0.4 is 15.8 Å². The first-order valence-corrected chi connectivity index (χ1v) is 7.36. The van der Waals surface area contributed by atoms with E-state index in [1.807, 2.05) is 6.92 Å². The topological polar surface area (TPSA) is 95.1 Å². The van der Waals surface area contributed by atoms with Gasteiger partial charge in [-0.15, -0.1) is 0 Å². The Bertz CT molecular complexity index is 633. The molecule has 0 spiro atoms. The molecule has 7 nitrogen and oxygen atoms in total. The van der Waals surface area contributed by atoms with Crippen molar-refractivity contribution < 1.29 is 13.9 Å². The number of carbonyl (C=O) groups excluding carboxylic acids is 1. The first-order valence-electron chi connectivity index (χ1n) is 7.36. The van der Waals surface area contributed by atoms with Crippen LogP contribution in [0.1, 0.15) is 23.7 Å². The molecule has 3 N–H and O–H groups in total. The Labute approximate surface area is 133 Å². The predicted molar refractivity (Wildman–Crippen MR) is 82.5 cm³/mol. The molecule has 1 aromatic heterocycles. The quantitative estimate of drug-likeness (QED) is 0.706. The minimum absolute atomic E-state index is 0.160. The van der Waals surface area contributed by atoms with Gasteiger partial charge < -0.3 is 15.8 Å². The lowest BCUT2D eigenvalue weighted by atomic mass is 10.1. The zero-order chi connectivity index (χ0) is 16.7. The van der Waals surface area contributed by atoms with Crippen LogP contribution >= 0.6 is 0 Å². The van der Waals surface area contributed by atoms with E-state index in [4.69, 9.17) is 10.5 Å². The van der Waals surface area contributed by atoms with Crippen molar-refractivity contribution in [2.75, 3.05) is 13.2 Å². The number of carbonyl (C=O) groups is 1. The number of benzene rings is 1. The van der Waals surface area contributed by atoms with Crippen LogP contribution in [0.25, 0.3) is 0 Å². The summed E-state index contributed by atoms with van der Waals surface area (Å²) in [6.45, 7) is 3.15. The number of rotatable bonds is 8. The molecule has 0 radical (unpaired) electrons. The van der Waals surface area contributed by atoms with Crippen molar-refractivity contribution in [1.29, 1.82) is 0 Å². The molecule has 23 heavy (non-hydrogen) atoms. The number of amides is 1. The lowest BCUT2D eigenvalue weighted by Crippen LogP contribution is -2.36. The van der Waals surface area contributed by atoms with Gasteiger partial charge in [0.1, 0.15) is 24.2 Å². The largest absolute Gasteiger partial charge is 0.493 e. The third-order valence-corrected chi connectivity index (χ3v) is 3.10. The van der Waals surface area contributed by atoms with E-state index in [0.29, 0.717) is 31.9 Å². The number of nitrogens with zero attached hydrogens (tertiary/aromatic N) is 3. The first kappa shape index (κ1) is 16.9. The molecule has 8 heteroatoms. The smallest absolute Gasteiger partial charge is 0.255 e. The Balaban J connectivity index is 2.03.